The molecular weight excluding hydrogens is 436 g/mol. The van der Waals surface area contributed by atoms with Crippen molar-refractivity contribution in [3.63, 3.8) is 0 Å². The maximum atomic E-state index is 12.0. The summed E-state index contributed by atoms with van der Waals surface area (Å²) in [5, 5.41) is 9.03. The normalized spacial score (nSPS) is 12.3. The Labute approximate surface area is 217 Å². The van der Waals surface area contributed by atoms with Crippen LogP contribution in [0.2, 0.25) is 0 Å². The molecule has 0 aromatic rings. The van der Waals surface area contributed by atoms with Crippen molar-refractivity contribution < 1.29 is 19.4 Å². The van der Waals surface area contributed by atoms with Crippen molar-refractivity contribution >= 4 is 11.9 Å². The lowest BCUT2D eigenvalue weighted by Crippen LogP contribution is -2.21. The van der Waals surface area contributed by atoms with Gasteiger partial charge in [0.1, 0.15) is 0 Å². The second kappa shape index (κ2) is 27.3. The van der Waals surface area contributed by atoms with Gasteiger partial charge in [-0.3, -0.25) is 9.59 Å². The summed E-state index contributed by atoms with van der Waals surface area (Å²) in [4.78, 5) is 23.0. The van der Waals surface area contributed by atoms with Crippen molar-refractivity contribution in [3.8, 4) is 0 Å². The van der Waals surface area contributed by atoms with E-state index in [0.29, 0.717) is 13.0 Å². The van der Waals surface area contributed by atoms with Gasteiger partial charge in [0.25, 0.3) is 0 Å². The number of carboxylic acids is 1. The van der Waals surface area contributed by atoms with Crippen molar-refractivity contribution in [1.29, 1.82) is 0 Å². The number of hydrogen-bond donors (Lipinski definition) is 1. The van der Waals surface area contributed by atoms with Crippen molar-refractivity contribution in [2.75, 3.05) is 6.61 Å². The van der Waals surface area contributed by atoms with Gasteiger partial charge in [-0.1, -0.05) is 129 Å². The summed E-state index contributed by atoms with van der Waals surface area (Å²) in [7, 11) is 0. The number of esters is 1. The molecule has 1 unspecified atom stereocenters. The van der Waals surface area contributed by atoms with Crippen LogP contribution in [0.5, 0.6) is 0 Å². The highest BCUT2D eigenvalue weighted by molar-refractivity contribution is 5.79. The zero-order valence-corrected chi connectivity index (χ0v) is 23.4. The summed E-state index contributed by atoms with van der Waals surface area (Å²) in [6.45, 7) is 4.59. The summed E-state index contributed by atoms with van der Waals surface area (Å²) in [6, 6.07) is 0. The Bertz CT molecular complexity index is 500. The number of hydrogen-bond acceptors (Lipinski definition) is 3. The van der Waals surface area contributed by atoms with Crippen LogP contribution < -0.4 is 0 Å². The molecule has 4 heteroatoms. The molecule has 35 heavy (non-hydrogen) atoms. The number of ether oxygens (including phenoxy) is 1. The van der Waals surface area contributed by atoms with Gasteiger partial charge in [0.2, 0.25) is 0 Å². The Hall–Kier alpha value is -1.32. The second-order valence-electron chi connectivity index (χ2n) is 10.3. The van der Waals surface area contributed by atoms with E-state index in [1.54, 1.807) is 0 Å². The zero-order chi connectivity index (χ0) is 25.8. The molecule has 0 radical (unpaired) electrons. The molecule has 0 fully saturated rings. The molecule has 0 aliphatic heterocycles. The number of unbranched alkanes of at least 4 members (excludes halogenated alkanes) is 18. The fourth-order valence-electron chi connectivity index (χ4n) is 4.53. The highest BCUT2D eigenvalue weighted by Crippen LogP contribution is 2.18. The van der Waals surface area contributed by atoms with Crippen LogP contribution in [0, 0.1) is 5.92 Å². The first-order valence-electron chi connectivity index (χ1n) is 15.1. The quantitative estimate of drug-likeness (QED) is 0.0701. The van der Waals surface area contributed by atoms with Crippen LogP contribution in [0.4, 0.5) is 0 Å². The van der Waals surface area contributed by atoms with Gasteiger partial charge in [-0.25, -0.2) is 0 Å². The molecule has 206 valence electrons. The summed E-state index contributed by atoms with van der Waals surface area (Å²) in [5.41, 5.74) is 0. The molecule has 0 saturated carbocycles. The maximum absolute atomic E-state index is 12.0. The number of carbonyl (C=O) groups excluding carboxylic acids is 1. The smallest absolute Gasteiger partial charge is 0.309 e. The molecule has 0 saturated heterocycles. The minimum atomic E-state index is -0.917. The van der Waals surface area contributed by atoms with Gasteiger partial charge in [0.05, 0.1) is 18.9 Å². The van der Waals surface area contributed by atoms with Gasteiger partial charge < -0.3 is 9.84 Å². The third-order valence-corrected chi connectivity index (χ3v) is 6.77. The lowest BCUT2D eigenvalue weighted by molar-refractivity contribution is -0.153. The number of aliphatic carboxylic acids is 1. The number of carbonyl (C=O) groups is 2. The third kappa shape index (κ3) is 25.6. The van der Waals surface area contributed by atoms with Gasteiger partial charge >= 0.3 is 11.9 Å². The van der Waals surface area contributed by atoms with Crippen LogP contribution in [0.25, 0.3) is 0 Å². The Balaban J connectivity index is 3.39. The SMILES string of the molecule is CCCCC/C=C/CCCCCCCCCCCCCCCCCC(CC(=O)O)C(=O)OCCC. The van der Waals surface area contributed by atoms with Crippen molar-refractivity contribution in [3.05, 3.63) is 12.2 Å². The molecule has 0 bridgehead atoms. The van der Waals surface area contributed by atoms with Crippen molar-refractivity contribution in [1.82, 2.24) is 0 Å². The van der Waals surface area contributed by atoms with E-state index in [1.165, 1.54) is 116 Å². The molecule has 1 N–H and O–H groups in total. The summed E-state index contributed by atoms with van der Waals surface area (Å²) in [5.74, 6) is -1.74. The Morgan fingerprint density at radius 1 is 0.629 bits per heavy atom. The molecule has 1 atom stereocenters. The van der Waals surface area contributed by atoms with E-state index in [2.05, 4.69) is 19.1 Å². The van der Waals surface area contributed by atoms with Crippen LogP contribution in [-0.4, -0.2) is 23.7 Å². The van der Waals surface area contributed by atoms with E-state index in [9.17, 15) is 9.59 Å². The first kappa shape index (κ1) is 33.7. The topological polar surface area (TPSA) is 63.6 Å². The molecular formula is C31H58O4. The fraction of sp³-hybridized carbons (Fsp3) is 0.871. The van der Waals surface area contributed by atoms with Crippen LogP contribution >= 0.6 is 0 Å². The second-order valence-corrected chi connectivity index (χ2v) is 10.3. The fourth-order valence-corrected chi connectivity index (χ4v) is 4.53. The predicted molar refractivity (Wildman–Crippen MR) is 149 cm³/mol. The average molecular weight is 495 g/mol. The van der Waals surface area contributed by atoms with E-state index in [4.69, 9.17) is 9.84 Å². The minimum absolute atomic E-state index is 0.112. The molecule has 0 heterocycles. The van der Waals surface area contributed by atoms with E-state index in [-0.39, 0.29) is 12.4 Å². The minimum Gasteiger partial charge on any atom is -0.481 e. The summed E-state index contributed by atoms with van der Waals surface area (Å²) < 4.78 is 5.15. The highest BCUT2D eigenvalue weighted by Gasteiger charge is 2.22. The molecule has 0 spiro atoms. The van der Waals surface area contributed by atoms with Crippen LogP contribution in [0.3, 0.4) is 0 Å². The van der Waals surface area contributed by atoms with E-state index in [0.717, 1.165) is 19.3 Å². The van der Waals surface area contributed by atoms with E-state index >= 15 is 0 Å². The Morgan fingerprint density at radius 2 is 1.06 bits per heavy atom. The third-order valence-electron chi connectivity index (χ3n) is 6.77. The standard InChI is InChI=1S/C31H58O4/c1-3-5-6-7-8-9-10-11-12-13-14-15-16-17-18-19-20-21-22-23-24-25-26-29(28-30(32)33)31(34)35-27-4-2/h8-9,29H,3-7,10-28H2,1-2H3,(H,32,33)/b9-8+. The van der Waals surface area contributed by atoms with E-state index < -0.39 is 11.9 Å². The lowest BCUT2D eigenvalue weighted by Gasteiger charge is -2.13. The average Bonchev–Trinajstić information content (AvgIpc) is 2.84. The van der Waals surface area contributed by atoms with Crippen LogP contribution in [0.15, 0.2) is 12.2 Å². The first-order valence-corrected chi connectivity index (χ1v) is 15.1. The van der Waals surface area contributed by atoms with Crippen molar-refractivity contribution in [2.45, 2.75) is 162 Å². The zero-order valence-electron chi connectivity index (χ0n) is 23.4. The first-order chi connectivity index (χ1) is 17.1. The maximum Gasteiger partial charge on any atom is 0.309 e. The van der Waals surface area contributed by atoms with Crippen LogP contribution in [0.1, 0.15) is 162 Å². The van der Waals surface area contributed by atoms with Gasteiger partial charge in [-0.05, 0) is 38.5 Å². The largest absolute Gasteiger partial charge is 0.481 e. The van der Waals surface area contributed by atoms with Gasteiger partial charge in [0, 0.05) is 0 Å². The predicted octanol–water partition coefficient (Wildman–Crippen LogP) is 9.80. The molecule has 0 aromatic heterocycles. The molecule has 0 amide bonds. The molecule has 4 nitrogen and oxygen atoms in total. The number of allylic oxidation sites excluding steroid dienone is 2. The van der Waals surface area contributed by atoms with Crippen LogP contribution in [-0.2, 0) is 14.3 Å². The summed E-state index contributed by atoms with van der Waals surface area (Å²) in [6.07, 6.45) is 32.1. The van der Waals surface area contributed by atoms with Gasteiger partial charge in [-0.15, -0.1) is 0 Å². The van der Waals surface area contributed by atoms with Gasteiger partial charge in [-0.2, -0.15) is 0 Å². The summed E-state index contributed by atoms with van der Waals surface area (Å²) >= 11 is 0. The van der Waals surface area contributed by atoms with Crippen molar-refractivity contribution in [2.24, 2.45) is 5.92 Å². The molecule has 0 aliphatic rings. The highest BCUT2D eigenvalue weighted by atomic mass is 16.5. The monoisotopic (exact) mass is 494 g/mol. The number of rotatable bonds is 27. The molecule has 0 rings (SSSR count). The molecule has 0 aliphatic carbocycles. The van der Waals surface area contributed by atoms with Gasteiger partial charge in [0.15, 0.2) is 0 Å². The lowest BCUT2D eigenvalue weighted by atomic mass is 9.97. The number of carboxylic acid groups (broad SMARTS) is 1. The Morgan fingerprint density at radius 3 is 1.49 bits per heavy atom. The Kier molecular flexibility index (Phi) is 26.2. The van der Waals surface area contributed by atoms with E-state index in [1.807, 2.05) is 6.92 Å². The molecule has 0 aromatic carbocycles.